The molecule has 1 amide bonds. The van der Waals surface area contributed by atoms with Crippen LogP contribution >= 0.6 is 11.8 Å². The molecule has 0 saturated heterocycles. The molecule has 0 spiro atoms. The van der Waals surface area contributed by atoms with E-state index in [-0.39, 0.29) is 0 Å². The van der Waals surface area contributed by atoms with Crippen molar-refractivity contribution >= 4 is 17.7 Å². The lowest BCUT2D eigenvalue weighted by Crippen LogP contribution is -2.49. The Hall–Kier alpha value is -1.82. The molecular formula is C24H34N4OS. The van der Waals surface area contributed by atoms with Gasteiger partial charge in [-0.2, -0.15) is 0 Å². The van der Waals surface area contributed by atoms with E-state index in [2.05, 4.69) is 40.2 Å². The highest BCUT2D eigenvalue weighted by molar-refractivity contribution is 7.99. The molecule has 0 radical (unpaired) electrons. The van der Waals surface area contributed by atoms with Gasteiger partial charge in [-0.25, -0.2) is 0 Å². The summed E-state index contributed by atoms with van der Waals surface area (Å²) in [7, 11) is 1.99. The Balaban J connectivity index is 1.45. The van der Waals surface area contributed by atoms with E-state index < -0.39 is 0 Å². The molecule has 6 heteroatoms. The third-order valence-corrected chi connectivity index (χ3v) is 7.67. The van der Waals surface area contributed by atoms with E-state index >= 15 is 0 Å². The van der Waals surface area contributed by atoms with Crippen LogP contribution in [0.15, 0.2) is 29.4 Å². The Morgan fingerprint density at radius 1 is 1.03 bits per heavy atom. The van der Waals surface area contributed by atoms with Crippen LogP contribution in [-0.4, -0.2) is 43.4 Å². The zero-order chi connectivity index (χ0) is 20.9. The van der Waals surface area contributed by atoms with E-state index in [1.165, 1.54) is 81.5 Å². The van der Waals surface area contributed by atoms with E-state index in [4.69, 9.17) is 0 Å². The topological polar surface area (TPSA) is 51.0 Å². The number of thioether (sulfide) groups is 1. The summed E-state index contributed by atoms with van der Waals surface area (Å²) < 4.78 is 2.01. The van der Waals surface area contributed by atoms with Crippen LogP contribution in [0.1, 0.15) is 69.8 Å². The van der Waals surface area contributed by atoms with Crippen LogP contribution < -0.4 is 0 Å². The molecular weight excluding hydrogens is 392 g/mol. The standard InChI is InChI=1S/C24H34N4OS/c1-18-10-9-11-19(16-18)23-25-26-24(27(23)2)30-17-22(29)28(20-12-5-3-6-13-20)21-14-7-4-8-15-21/h9-11,16,20-21H,3-8,12-15,17H2,1-2H3. The lowest BCUT2D eigenvalue weighted by molar-refractivity contribution is -0.135. The highest BCUT2D eigenvalue weighted by Crippen LogP contribution is 2.31. The fourth-order valence-electron chi connectivity index (χ4n) is 5.10. The zero-order valence-electron chi connectivity index (χ0n) is 18.3. The molecule has 2 aromatic rings. The van der Waals surface area contributed by atoms with Gasteiger partial charge >= 0.3 is 0 Å². The van der Waals surface area contributed by atoms with Crippen molar-refractivity contribution in [3.63, 3.8) is 0 Å². The van der Waals surface area contributed by atoms with Crippen LogP contribution in [0.25, 0.3) is 11.4 Å². The van der Waals surface area contributed by atoms with Crippen LogP contribution in [0.5, 0.6) is 0 Å². The second kappa shape index (κ2) is 9.99. The number of amides is 1. The smallest absolute Gasteiger partial charge is 0.233 e. The summed E-state index contributed by atoms with van der Waals surface area (Å²) >= 11 is 1.53. The SMILES string of the molecule is Cc1cccc(-c2nnc(SCC(=O)N(C3CCCCC3)C3CCCCC3)n2C)c1. The minimum Gasteiger partial charge on any atom is -0.336 e. The molecule has 0 unspecified atom stereocenters. The molecule has 1 heterocycles. The first-order valence-electron chi connectivity index (χ1n) is 11.5. The Kier molecular flexibility index (Phi) is 7.13. The summed E-state index contributed by atoms with van der Waals surface area (Å²) in [5.41, 5.74) is 2.27. The molecule has 4 rings (SSSR count). The molecule has 1 aromatic heterocycles. The van der Waals surface area contributed by atoms with Crippen LogP contribution in [0.2, 0.25) is 0 Å². The van der Waals surface area contributed by atoms with E-state index in [9.17, 15) is 4.79 Å². The van der Waals surface area contributed by atoms with Crippen LogP contribution in [0, 0.1) is 6.92 Å². The Labute approximate surface area is 184 Å². The summed E-state index contributed by atoms with van der Waals surface area (Å²) in [4.78, 5) is 15.7. The molecule has 2 aliphatic rings. The van der Waals surface area contributed by atoms with Gasteiger partial charge in [0.05, 0.1) is 5.75 Å². The van der Waals surface area contributed by atoms with Crippen molar-refractivity contribution in [2.24, 2.45) is 7.05 Å². The molecule has 2 aliphatic carbocycles. The number of nitrogens with zero attached hydrogens (tertiary/aromatic N) is 4. The fourth-order valence-corrected chi connectivity index (χ4v) is 5.88. The van der Waals surface area contributed by atoms with Crippen molar-refractivity contribution in [1.82, 2.24) is 19.7 Å². The summed E-state index contributed by atoms with van der Waals surface area (Å²) in [6.07, 6.45) is 12.4. The van der Waals surface area contributed by atoms with Crippen molar-refractivity contribution in [2.75, 3.05) is 5.75 Å². The van der Waals surface area contributed by atoms with Crippen molar-refractivity contribution in [2.45, 2.75) is 88.4 Å². The van der Waals surface area contributed by atoms with Gasteiger partial charge in [-0.15, -0.1) is 10.2 Å². The molecule has 2 fully saturated rings. The molecule has 0 atom stereocenters. The van der Waals surface area contributed by atoms with Crippen molar-refractivity contribution in [3.05, 3.63) is 29.8 Å². The van der Waals surface area contributed by atoms with Gasteiger partial charge in [-0.1, -0.05) is 74.0 Å². The zero-order valence-corrected chi connectivity index (χ0v) is 19.2. The van der Waals surface area contributed by atoms with Gasteiger partial charge in [-0.05, 0) is 38.7 Å². The van der Waals surface area contributed by atoms with Gasteiger partial charge in [0.1, 0.15) is 0 Å². The Bertz CT molecular complexity index is 835. The maximum Gasteiger partial charge on any atom is 0.233 e. The van der Waals surface area contributed by atoms with Gasteiger partial charge in [0, 0.05) is 24.7 Å². The maximum atomic E-state index is 13.4. The van der Waals surface area contributed by atoms with Crippen LogP contribution in [-0.2, 0) is 11.8 Å². The van der Waals surface area contributed by atoms with Crippen molar-refractivity contribution < 1.29 is 4.79 Å². The highest BCUT2D eigenvalue weighted by atomic mass is 32.2. The molecule has 0 N–H and O–H groups in total. The average Bonchev–Trinajstić information content (AvgIpc) is 3.14. The first-order valence-corrected chi connectivity index (χ1v) is 12.5. The Morgan fingerprint density at radius 2 is 1.67 bits per heavy atom. The number of benzene rings is 1. The Morgan fingerprint density at radius 3 is 2.27 bits per heavy atom. The van der Waals surface area contributed by atoms with E-state index in [1.54, 1.807) is 0 Å². The highest BCUT2D eigenvalue weighted by Gasteiger charge is 2.32. The summed E-state index contributed by atoms with van der Waals surface area (Å²) in [5, 5.41) is 9.59. The number of hydrogen-bond donors (Lipinski definition) is 0. The predicted molar refractivity (Wildman–Crippen MR) is 122 cm³/mol. The second-order valence-corrected chi connectivity index (χ2v) is 9.85. The monoisotopic (exact) mass is 426 g/mol. The van der Waals surface area contributed by atoms with Gasteiger partial charge in [-0.3, -0.25) is 4.79 Å². The van der Waals surface area contributed by atoms with Gasteiger partial charge in [0.2, 0.25) is 5.91 Å². The minimum atomic E-state index is 0.291. The first kappa shape index (κ1) is 21.4. The predicted octanol–water partition coefficient (Wildman–Crippen LogP) is 5.38. The quantitative estimate of drug-likeness (QED) is 0.582. The van der Waals surface area contributed by atoms with Gasteiger partial charge < -0.3 is 9.47 Å². The van der Waals surface area contributed by atoms with Crippen molar-refractivity contribution in [3.8, 4) is 11.4 Å². The summed E-state index contributed by atoms with van der Waals surface area (Å²) in [5.74, 6) is 1.59. The van der Waals surface area contributed by atoms with Gasteiger partial charge in [0.15, 0.2) is 11.0 Å². The minimum absolute atomic E-state index is 0.291. The fraction of sp³-hybridized carbons (Fsp3) is 0.625. The molecule has 30 heavy (non-hydrogen) atoms. The molecule has 2 saturated carbocycles. The second-order valence-electron chi connectivity index (χ2n) is 8.91. The van der Waals surface area contributed by atoms with Crippen LogP contribution in [0.4, 0.5) is 0 Å². The van der Waals surface area contributed by atoms with Gasteiger partial charge in [0.25, 0.3) is 0 Å². The number of hydrogen-bond acceptors (Lipinski definition) is 4. The first-order chi connectivity index (χ1) is 14.6. The summed E-state index contributed by atoms with van der Waals surface area (Å²) in [6.45, 7) is 2.08. The molecule has 0 bridgehead atoms. The molecule has 5 nitrogen and oxygen atoms in total. The third-order valence-electron chi connectivity index (χ3n) is 6.66. The van der Waals surface area contributed by atoms with E-state index in [0.29, 0.717) is 23.7 Å². The number of aromatic nitrogens is 3. The largest absolute Gasteiger partial charge is 0.336 e. The molecule has 0 aliphatic heterocycles. The number of rotatable bonds is 6. The lowest BCUT2D eigenvalue weighted by atomic mass is 9.88. The number of carbonyl (C=O) groups excluding carboxylic acids is 1. The molecule has 162 valence electrons. The van der Waals surface area contributed by atoms with E-state index in [1.807, 2.05) is 17.7 Å². The number of carbonyl (C=O) groups is 1. The van der Waals surface area contributed by atoms with Crippen LogP contribution in [0.3, 0.4) is 0 Å². The number of aryl methyl sites for hydroxylation is 1. The maximum absolute atomic E-state index is 13.4. The average molecular weight is 427 g/mol. The van der Waals surface area contributed by atoms with E-state index in [0.717, 1.165) is 16.5 Å². The molecule has 1 aromatic carbocycles. The third kappa shape index (κ3) is 4.90. The normalized spacial score (nSPS) is 18.5. The van der Waals surface area contributed by atoms with Crippen molar-refractivity contribution in [1.29, 1.82) is 0 Å². The lowest BCUT2D eigenvalue weighted by Gasteiger charge is -2.41. The summed E-state index contributed by atoms with van der Waals surface area (Å²) in [6, 6.07) is 9.19.